The zero-order valence-electron chi connectivity index (χ0n) is 13.3. The largest absolute Gasteiger partial charge is 0.351 e. The topological polar surface area (TPSA) is 72.7 Å². The summed E-state index contributed by atoms with van der Waals surface area (Å²) in [5.41, 5.74) is 1.45. The summed E-state index contributed by atoms with van der Waals surface area (Å²) in [7, 11) is 0. The molecule has 1 aliphatic rings. The van der Waals surface area contributed by atoms with E-state index in [9.17, 15) is 4.79 Å². The molecule has 1 fully saturated rings. The third kappa shape index (κ3) is 3.00. The number of hydrogen-bond acceptors (Lipinski definition) is 4. The molecule has 2 aromatic heterocycles. The highest BCUT2D eigenvalue weighted by molar-refractivity contribution is 5.94. The first-order chi connectivity index (χ1) is 10.5. The maximum absolute atomic E-state index is 12.3. The second-order valence-electron chi connectivity index (χ2n) is 6.20. The lowest BCUT2D eigenvalue weighted by Gasteiger charge is -2.18. The molecule has 22 heavy (non-hydrogen) atoms. The molecule has 2 aromatic rings. The van der Waals surface area contributed by atoms with Crippen LogP contribution in [-0.2, 0) is 6.54 Å². The Hall–Kier alpha value is -2.24. The minimum absolute atomic E-state index is 0.0915. The minimum Gasteiger partial charge on any atom is -0.351 e. The first kappa shape index (κ1) is 14.7. The Balaban J connectivity index is 1.62. The highest BCUT2D eigenvalue weighted by atomic mass is 16.1. The van der Waals surface area contributed by atoms with Crippen LogP contribution in [-0.4, -0.2) is 32.0 Å². The standard InChI is InChI=1S/C16H21N5O/c1-11-14(8-18-12(2)20-11)15(22)19-9-16(4-5-16)10-21-7-6-17-13(21)3/h6-8H,4-5,9-10H2,1-3H3,(H,19,22). The molecule has 0 radical (unpaired) electrons. The number of aromatic nitrogens is 4. The number of carbonyl (C=O) groups is 1. The van der Waals surface area contributed by atoms with Crippen molar-refractivity contribution in [3.63, 3.8) is 0 Å². The van der Waals surface area contributed by atoms with E-state index >= 15 is 0 Å². The van der Waals surface area contributed by atoms with Gasteiger partial charge in [-0.15, -0.1) is 0 Å². The monoisotopic (exact) mass is 299 g/mol. The van der Waals surface area contributed by atoms with Crippen LogP contribution in [0.3, 0.4) is 0 Å². The summed E-state index contributed by atoms with van der Waals surface area (Å²) in [4.78, 5) is 24.9. The second-order valence-corrected chi connectivity index (χ2v) is 6.20. The van der Waals surface area contributed by atoms with Gasteiger partial charge in [-0.3, -0.25) is 4.79 Å². The Morgan fingerprint density at radius 1 is 1.32 bits per heavy atom. The predicted molar refractivity (Wildman–Crippen MR) is 82.5 cm³/mol. The number of aryl methyl sites for hydroxylation is 3. The average Bonchev–Trinajstić information content (AvgIpc) is 3.13. The Morgan fingerprint density at radius 2 is 2.09 bits per heavy atom. The molecule has 0 aromatic carbocycles. The van der Waals surface area contributed by atoms with E-state index in [0.29, 0.717) is 17.9 Å². The van der Waals surface area contributed by atoms with Gasteiger partial charge in [0.1, 0.15) is 11.6 Å². The summed E-state index contributed by atoms with van der Waals surface area (Å²) < 4.78 is 2.15. The summed E-state index contributed by atoms with van der Waals surface area (Å²) in [5.74, 6) is 1.61. The fourth-order valence-electron chi connectivity index (χ4n) is 2.67. The summed E-state index contributed by atoms with van der Waals surface area (Å²) in [6, 6.07) is 0. The summed E-state index contributed by atoms with van der Waals surface area (Å²) in [5, 5.41) is 3.04. The highest BCUT2D eigenvalue weighted by Crippen LogP contribution is 2.46. The average molecular weight is 299 g/mol. The Kier molecular flexibility index (Phi) is 3.68. The maximum atomic E-state index is 12.3. The van der Waals surface area contributed by atoms with Crippen LogP contribution < -0.4 is 5.32 Å². The first-order valence-corrected chi connectivity index (χ1v) is 7.55. The molecule has 0 atom stereocenters. The normalized spacial score (nSPS) is 15.6. The minimum atomic E-state index is -0.0915. The molecular weight excluding hydrogens is 278 g/mol. The predicted octanol–water partition coefficient (Wildman–Crippen LogP) is 1.81. The molecular formula is C16H21N5O. The van der Waals surface area contributed by atoms with Crippen LogP contribution in [0.4, 0.5) is 0 Å². The third-order valence-corrected chi connectivity index (χ3v) is 4.35. The SMILES string of the molecule is Cc1ncc(C(=O)NCC2(Cn3ccnc3C)CC2)c(C)n1. The fraction of sp³-hybridized carbons (Fsp3) is 0.500. The van der Waals surface area contributed by atoms with Crippen LogP contribution >= 0.6 is 0 Å². The van der Waals surface area contributed by atoms with E-state index < -0.39 is 0 Å². The lowest BCUT2D eigenvalue weighted by molar-refractivity contribution is 0.0941. The highest BCUT2D eigenvalue weighted by Gasteiger charge is 2.43. The third-order valence-electron chi connectivity index (χ3n) is 4.35. The van der Waals surface area contributed by atoms with E-state index in [1.165, 1.54) is 0 Å². The van der Waals surface area contributed by atoms with Gasteiger partial charge >= 0.3 is 0 Å². The fourth-order valence-corrected chi connectivity index (χ4v) is 2.67. The van der Waals surface area contributed by atoms with Gasteiger partial charge in [-0.2, -0.15) is 0 Å². The molecule has 6 heteroatoms. The van der Waals surface area contributed by atoms with E-state index in [1.54, 1.807) is 6.20 Å². The number of hydrogen-bond donors (Lipinski definition) is 1. The van der Waals surface area contributed by atoms with Crippen molar-refractivity contribution in [2.45, 2.75) is 40.2 Å². The van der Waals surface area contributed by atoms with Gasteiger partial charge in [-0.05, 0) is 33.6 Å². The van der Waals surface area contributed by atoms with Crippen molar-refractivity contribution in [2.75, 3.05) is 6.54 Å². The van der Waals surface area contributed by atoms with E-state index in [1.807, 2.05) is 33.2 Å². The molecule has 1 N–H and O–H groups in total. The van der Waals surface area contributed by atoms with E-state index in [-0.39, 0.29) is 11.3 Å². The van der Waals surface area contributed by atoms with Crippen molar-refractivity contribution in [3.05, 3.63) is 41.5 Å². The van der Waals surface area contributed by atoms with Crippen LogP contribution in [0.1, 0.15) is 40.5 Å². The van der Waals surface area contributed by atoms with Crippen LogP contribution in [0.25, 0.3) is 0 Å². The van der Waals surface area contributed by atoms with E-state index in [4.69, 9.17) is 0 Å². The van der Waals surface area contributed by atoms with Gasteiger partial charge in [0.05, 0.1) is 11.3 Å². The van der Waals surface area contributed by atoms with Gasteiger partial charge in [0.25, 0.3) is 5.91 Å². The van der Waals surface area contributed by atoms with Gasteiger partial charge in [-0.25, -0.2) is 15.0 Å². The summed E-state index contributed by atoms with van der Waals surface area (Å²) in [6.45, 7) is 7.24. The molecule has 0 saturated heterocycles. The van der Waals surface area contributed by atoms with Gasteiger partial charge in [0, 0.05) is 37.1 Å². The Morgan fingerprint density at radius 3 is 2.68 bits per heavy atom. The molecule has 2 heterocycles. The lowest BCUT2D eigenvalue weighted by Crippen LogP contribution is -2.33. The Labute approximate surface area is 130 Å². The number of rotatable bonds is 5. The van der Waals surface area contributed by atoms with Crippen LogP contribution in [0.5, 0.6) is 0 Å². The second kappa shape index (κ2) is 5.51. The van der Waals surface area contributed by atoms with Gasteiger partial charge in [0.2, 0.25) is 0 Å². The molecule has 1 aliphatic carbocycles. The van der Waals surface area contributed by atoms with Crippen molar-refractivity contribution in [1.82, 2.24) is 24.8 Å². The number of imidazole rings is 1. The zero-order chi connectivity index (χ0) is 15.7. The van der Waals surface area contributed by atoms with E-state index in [2.05, 4.69) is 24.8 Å². The molecule has 0 spiro atoms. The molecule has 3 rings (SSSR count). The molecule has 6 nitrogen and oxygen atoms in total. The molecule has 0 bridgehead atoms. The van der Waals surface area contributed by atoms with Gasteiger partial charge in [-0.1, -0.05) is 0 Å². The number of amides is 1. The lowest BCUT2D eigenvalue weighted by atomic mass is 10.1. The quantitative estimate of drug-likeness (QED) is 0.914. The number of carbonyl (C=O) groups excluding carboxylic acids is 1. The van der Waals surface area contributed by atoms with Crippen LogP contribution in [0, 0.1) is 26.2 Å². The molecule has 0 aliphatic heterocycles. The Bertz CT molecular complexity index is 702. The zero-order valence-corrected chi connectivity index (χ0v) is 13.3. The van der Waals surface area contributed by atoms with Crippen molar-refractivity contribution in [1.29, 1.82) is 0 Å². The van der Waals surface area contributed by atoms with Crippen molar-refractivity contribution < 1.29 is 4.79 Å². The molecule has 116 valence electrons. The van der Waals surface area contributed by atoms with Crippen LogP contribution in [0.2, 0.25) is 0 Å². The van der Waals surface area contributed by atoms with Crippen molar-refractivity contribution in [3.8, 4) is 0 Å². The molecule has 0 unspecified atom stereocenters. The summed E-state index contributed by atoms with van der Waals surface area (Å²) in [6.07, 6.45) is 7.68. The maximum Gasteiger partial charge on any atom is 0.254 e. The number of nitrogens with zero attached hydrogens (tertiary/aromatic N) is 4. The van der Waals surface area contributed by atoms with E-state index in [0.717, 1.165) is 30.9 Å². The number of nitrogens with one attached hydrogen (secondary N) is 1. The smallest absolute Gasteiger partial charge is 0.254 e. The molecule has 1 amide bonds. The van der Waals surface area contributed by atoms with Crippen molar-refractivity contribution >= 4 is 5.91 Å². The van der Waals surface area contributed by atoms with Gasteiger partial charge < -0.3 is 9.88 Å². The first-order valence-electron chi connectivity index (χ1n) is 7.55. The van der Waals surface area contributed by atoms with Crippen LogP contribution in [0.15, 0.2) is 18.6 Å². The van der Waals surface area contributed by atoms with Crippen molar-refractivity contribution in [2.24, 2.45) is 5.41 Å². The van der Waals surface area contributed by atoms with Gasteiger partial charge in [0.15, 0.2) is 0 Å². The molecule has 1 saturated carbocycles. The summed E-state index contributed by atoms with van der Waals surface area (Å²) >= 11 is 0.